The summed E-state index contributed by atoms with van der Waals surface area (Å²) in [5.41, 5.74) is 8.74. The first-order chi connectivity index (χ1) is 8.22. The fourth-order valence-electron chi connectivity index (χ4n) is 1.87. The molecular formula is C13H18N4. The molecule has 90 valence electrons. The number of hydrogen-bond donors (Lipinski definition) is 1. The first-order valence-corrected chi connectivity index (χ1v) is 5.90. The molecule has 1 heterocycles. The molecular weight excluding hydrogens is 212 g/mol. The summed E-state index contributed by atoms with van der Waals surface area (Å²) in [5.74, 6) is 0.532. The molecule has 2 aromatic rings. The van der Waals surface area contributed by atoms with Crippen LogP contribution in [-0.2, 0) is 13.1 Å². The van der Waals surface area contributed by atoms with Crippen molar-refractivity contribution in [3.8, 4) is 11.3 Å². The highest BCUT2D eigenvalue weighted by atomic mass is 15.4. The van der Waals surface area contributed by atoms with E-state index in [0.717, 1.165) is 23.5 Å². The molecule has 1 aromatic heterocycles. The smallest absolute Gasteiger partial charge is 0.104 e. The molecule has 2 rings (SSSR count). The molecule has 0 aliphatic rings. The zero-order chi connectivity index (χ0) is 12.3. The molecule has 2 N–H and O–H groups in total. The number of nitrogens with zero attached hydrogens (tertiary/aromatic N) is 3. The van der Waals surface area contributed by atoms with Gasteiger partial charge in [-0.15, -0.1) is 5.10 Å². The van der Waals surface area contributed by atoms with E-state index in [9.17, 15) is 0 Å². The van der Waals surface area contributed by atoms with Crippen molar-refractivity contribution in [2.24, 2.45) is 11.7 Å². The summed E-state index contributed by atoms with van der Waals surface area (Å²) >= 11 is 0. The summed E-state index contributed by atoms with van der Waals surface area (Å²) in [5, 5.41) is 8.34. The van der Waals surface area contributed by atoms with Crippen LogP contribution in [0.5, 0.6) is 0 Å². The van der Waals surface area contributed by atoms with Crippen molar-refractivity contribution in [2.45, 2.75) is 26.9 Å². The molecule has 0 spiro atoms. The Labute approximate surface area is 101 Å². The minimum absolute atomic E-state index is 0.419. The van der Waals surface area contributed by atoms with Gasteiger partial charge in [0.1, 0.15) is 5.69 Å². The SMILES string of the molecule is CC(C)Cn1nnc(CN)c1-c1ccccc1. The average Bonchev–Trinajstić information content (AvgIpc) is 2.72. The van der Waals surface area contributed by atoms with E-state index in [1.807, 2.05) is 22.9 Å². The molecule has 0 atom stereocenters. The molecule has 1 aromatic carbocycles. The number of rotatable bonds is 4. The standard InChI is InChI=1S/C13H18N4/c1-10(2)9-17-13(12(8-14)15-16-17)11-6-4-3-5-7-11/h3-7,10H,8-9,14H2,1-2H3. The summed E-state index contributed by atoms with van der Waals surface area (Å²) in [6, 6.07) is 10.2. The third-order valence-corrected chi connectivity index (χ3v) is 2.58. The molecule has 0 fully saturated rings. The Bertz CT molecular complexity index is 473. The minimum atomic E-state index is 0.419. The Morgan fingerprint density at radius 1 is 1.24 bits per heavy atom. The summed E-state index contributed by atoms with van der Waals surface area (Å²) < 4.78 is 1.95. The number of benzene rings is 1. The Kier molecular flexibility index (Phi) is 3.54. The lowest BCUT2D eigenvalue weighted by Crippen LogP contribution is -2.08. The quantitative estimate of drug-likeness (QED) is 0.874. The van der Waals surface area contributed by atoms with E-state index in [1.165, 1.54) is 0 Å². The highest BCUT2D eigenvalue weighted by Crippen LogP contribution is 2.22. The van der Waals surface area contributed by atoms with Gasteiger partial charge in [0.05, 0.1) is 5.69 Å². The van der Waals surface area contributed by atoms with Crippen LogP contribution in [0.3, 0.4) is 0 Å². The first kappa shape index (κ1) is 11.8. The van der Waals surface area contributed by atoms with Crippen LogP contribution in [0.15, 0.2) is 30.3 Å². The van der Waals surface area contributed by atoms with Crippen molar-refractivity contribution >= 4 is 0 Å². The highest BCUT2D eigenvalue weighted by Gasteiger charge is 2.13. The largest absolute Gasteiger partial charge is 0.325 e. The summed E-state index contributed by atoms with van der Waals surface area (Å²) in [7, 11) is 0. The number of aromatic nitrogens is 3. The van der Waals surface area contributed by atoms with Crippen LogP contribution in [0.1, 0.15) is 19.5 Å². The van der Waals surface area contributed by atoms with Gasteiger partial charge in [0.2, 0.25) is 0 Å². The second kappa shape index (κ2) is 5.10. The van der Waals surface area contributed by atoms with Crippen molar-refractivity contribution in [2.75, 3.05) is 0 Å². The molecule has 0 aliphatic heterocycles. The Balaban J connectivity index is 2.46. The van der Waals surface area contributed by atoms with Gasteiger partial charge in [-0.05, 0) is 5.92 Å². The van der Waals surface area contributed by atoms with Crippen LogP contribution in [0.2, 0.25) is 0 Å². The van der Waals surface area contributed by atoms with Crippen LogP contribution >= 0.6 is 0 Å². The van der Waals surface area contributed by atoms with Crippen LogP contribution in [0.4, 0.5) is 0 Å². The number of nitrogens with two attached hydrogens (primary N) is 1. The third kappa shape index (κ3) is 2.53. The lowest BCUT2D eigenvalue weighted by atomic mass is 10.1. The van der Waals surface area contributed by atoms with Gasteiger partial charge in [0, 0.05) is 18.7 Å². The van der Waals surface area contributed by atoms with Gasteiger partial charge in [-0.3, -0.25) is 0 Å². The Morgan fingerprint density at radius 3 is 2.53 bits per heavy atom. The molecule has 0 saturated heterocycles. The predicted molar refractivity (Wildman–Crippen MR) is 68.2 cm³/mol. The monoisotopic (exact) mass is 230 g/mol. The summed E-state index contributed by atoms with van der Waals surface area (Å²) in [6.07, 6.45) is 0. The van der Waals surface area contributed by atoms with Gasteiger partial charge in [0.25, 0.3) is 0 Å². The first-order valence-electron chi connectivity index (χ1n) is 5.90. The maximum atomic E-state index is 5.72. The van der Waals surface area contributed by atoms with E-state index in [0.29, 0.717) is 12.5 Å². The van der Waals surface area contributed by atoms with E-state index >= 15 is 0 Å². The maximum Gasteiger partial charge on any atom is 0.104 e. The zero-order valence-electron chi connectivity index (χ0n) is 10.3. The summed E-state index contributed by atoms with van der Waals surface area (Å²) in [4.78, 5) is 0. The second-order valence-electron chi connectivity index (χ2n) is 4.53. The van der Waals surface area contributed by atoms with Crippen molar-refractivity contribution < 1.29 is 0 Å². The fourth-order valence-corrected chi connectivity index (χ4v) is 1.87. The molecule has 4 heteroatoms. The predicted octanol–water partition coefficient (Wildman–Crippen LogP) is 2.06. The molecule has 0 unspecified atom stereocenters. The molecule has 0 radical (unpaired) electrons. The number of hydrogen-bond acceptors (Lipinski definition) is 3. The minimum Gasteiger partial charge on any atom is -0.325 e. The van der Waals surface area contributed by atoms with Crippen LogP contribution in [0, 0.1) is 5.92 Å². The summed E-state index contributed by atoms with van der Waals surface area (Å²) in [6.45, 7) is 5.61. The van der Waals surface area contributed by atoms with Crippen LogP contribution in [-0.4, -0.2) is 15.0 Å². The molecule has 0 bridgehead atoms. The van der Waals surface area contributed by atoms with Crippen molar-refractivity contribution in [3.05, 3.63) is 36.0 Å². The topological polar surface area (TPSA) is 56.7 Å². The van der Waals surface area contributed by atoms with Gasteiger partial charge < -0.3 is 5.73 Å². The maximum absolute atomic E-state index is 5.72. The lowest BCUT2D eigenvalue weighted by molar-refractivity contribution is 0.475. The lowest BCUT2D eigenvalue weighted by Gasteiger charge is -2.09. The van der Waals surface area contributed by atoms with E-state index in [-0.39, 0.29) is 0 Å². The molecule has 0 saturated carbocycles. The third-order valence-electron chi connectivity index (χ3n) is 2.58. The highest BCUT2D eigenvalue weighted by molar-refractivity contribution is 5.61. The van der Waals surface area contributed by atoms with Gasteiger partial charge >= 0.3 is 0 Å². The van der Waals surface area contributed by atoms with Crippen molar-refractivity contribution in [3.63, 3.8) is 0 Å². The van der Waals surface area contributed by atoms with E-state index in [1.54, 1.807) is 0 Å². The molecule has 4 nitrogen and oxygen atoms in total. The van der Waals surface area contributed by atoms with E-state index < -0.39 is 0 Å². The van der Waals surface area contributed by atoms with Gasteiger partial charge in [0.15, 0.2) is 0 Å². The Morgan fingerprint density at radius 2 is 1.94 bits per heavy atom. The van der Waals surface area contributed by atoms with Crippen molar-refractivity contribution in [1.82, 2.24) is 15.0 Å². The van der Waals surface area contributed by atoms with Crippen LogP contribution < -0.4 is 5.73 Å². The zero-order valence-corrected chi connectivity index (χ0v) is 10.3. The average molecular weight is 230 g/mol. The fraction of sp³-hybridized carbons (Fsp3) is 0.385. The van der Waals surface area contributed by atoms with Gasteiger partial charge in [-0.25, -0.2) is 4.68 Å². The van der Waals surface area contributed by atoms with Gasteiger partial charge in [-0.2, -0.15) is 0 Å². The van der Waals surface area contributed by atoms with E-state index in [4.69, 9.17) is 5.73 Å². The molecule has 17 heavy (non-hydrogen) atoms. The van der Waals surface area contributed by atoms with Crippen LogP contribution in [0.25, 0.3) is 11.3 Å². The normalized spacial score (nSPS) is 11.1. The molecule has 0 amide bonds. The van der Waals surface area contributed by atoms with E-state index in [2.05, 4.69) is 36.3 Å². The molecule has 0 aliphatic carbocycles. The van der Waals surface area contributed by atoms with Crippen molar-refractivity contribution in [1.29, 1.82) is 0 Å². The second-order valence-corrected chi connectivity index (χ2v) is 4.53. The van der Waals surface area contributed by atoms with Gasteiger partial charge in [-0.1, -0.05) is 49.4 Å². The Hall–Kier alpha value is -1.68.